The van der Waals surface area contributed by atoms with Crippen LogP contribution in [0, 0.1) is 0 Å². The summed E-state index contributed by atoms with van der Waals surface area (Å²) in [6.07, 6.45) is 0.883. The first-order valence-corrected chi connectivity index (χ1v) is 6.77. The maximum absolute atomic E-state index is 11.7. The molecule has 0 bridgehead atoms. The van der Waals surface area contributed by atoms with Crippen molar-refractivity contribution < 1.29 is 19.5 Å². The van der Waals surface area contributed by atoms with Gasteiger partial charge in [-0.15, -0.1) is 0 Å². The summed E-state index contributed by atoms with van der Waals surface area (Å²) >= 11 is 0. The molecular weight excluding hydrogens is 272 g/mol. The summed E-state index contributed by atoms with van der Waals surface area (Å²) in [4.78, 5) is 33.2. The molecule has 0 radical (unpaired) electrons. The molecule has 2 amide bonds. The molecule has 1 atom stereocenters. The van der Waals surface area contributed by atoms with Crippen LogP contribution in [0.15, 0.2) is 30.3 Å². The van der Waals surface area contributed by atoms with Gasteiger partial charge in [0.1, 0.15) is 0 Å². The Morgan fingerprint density at radius 2 is 1.86 bits per heavy atom. The topological polar surface area (TPSA) is 95.5 Å². The van der Waals surface area contributed by atoms with Crippen LogP contribution in [0.3, 0.4) is 0 Å². The average Bonchev–Trinajstić information content (AvgIpc) is 2.43. The van der Waals surface area contributed by atoms with E-state index in [0.29, 0.717) is 12.8 Å². The first-order chi connectivity index (χ1) is 9.97. The average molecular weight is 292 g/mol. The molecule has 0 aliphatic rings. The number of hydrogen-bond acceptors (Lipinski definition) is 3. The van der Waals surface area contributed by atoms with E-state index >= 15 is 0 Å². The Morgan fingerprint density at radius 3 is 2.43 bits per heavy atom. The molecule has 3 N–H and O–H groups in total. The molecule has 1 unspecified atom stereocenters. The minimum atomic E-state index is -0.899. The van der Waals surface area contributed by atoms with E-state index in [0.717, 1.165) is 5.56 Å². The van der Waals surface area contributed by atoms with Crippen molar-refractivity contribution in [1.82, 2.24) is 10.6 Å². The van der Waals surface area contributed by atoms with Crippen LogP contribution in [-0.2, 0) is 20.8 Å². The van der Waals surface area contributed by atoms with Gasteiger partial charge in [-0.05, 0) is 18.4 Å². The maximum atomic E-state index is 11.7. The molecule has 0 saturated heterocycles. The van der Waals surface area contributed by atoms with Gasteiger partial charge in [-0.25, -0.2) is 0 Å². The van der Waals surface area contributed by atoms with Gasteiger partial charge in [-0.1, -0.05) is 30.3 Å². The zero-order chi connectivity index (χ0) is 15.7. The molecule has 0 aromatic heterocycles. The third kappa shape index (κ3) is 7.71. The lowest BCUT2D eigenvalue weighted by molar-refractivity contribution is -0.137. The van der Waals surface area contributed by atoms with Gasteiger partial charge in [0.05, 0.1) is 6.54 Å². The third-order valence-corrected chi connectivity index (χ3v) is 2.89. The Bertz CT molecular complexity index is 488. The SMILES string of the molecule is CC(=O)NCC(=O)NC(CCC(=O)O)Cc1ccccc1. The smallest absolute Gasteiger partial charge is 0.303 e. The molecule has 21 heavy (non-hydrogen) atoms. The van der Waals surface area contributed by atoms with Gasteiger partial charge in [0.15, 0.2) is 0 Å². The van der Waals surface area contributed by atoms with Gasteiger partial charge in [-0.3, -0.25) is 14.4 Å². The predicted molar refractivity (Wildman–Crippen MR) is 77.6 cm³/mol. The zero-order valence-corrected chi connectivity index (χ0v) is 12.0. The molecular formula is C15H20N2O4. The molecule has 0 heterocycles. The zero-order valence-electron chi connectivity index (χ0n) is 12.0. The number of nitrogens with one attached hydrogen (secondary N) is 2. The lowest BCUT2D eigenvalue weighted by Crippen LogP contribution is -2.42. The normalized spacial score (nSPS) is 11.5. The van der Waals surface area contributed by atoms with Crippen molar-refractivity contribution in [1.29, 1.82) is 0 Å². The van der Waals surface area contributed by atoms with Crippen LogP contribution in [0.1, 0.15) is 25.3 Å². The fraction of sp³-hybridized carbons (Fsp3) is 0.400. The van der Waals surface area contributed by atoms with Gasteiger partial charge in [0, 0.05) is 19.4 Å². The predicted octanol–water partition coefficient (Wildman–Crippen LogP) is 0.715. The Hall–Kier alpha value is -2.37. The Morgan fingerprint density at radius 1 is 1.19 bits per heavy atom. The van der Waals surface area contributed by atoms with Crippen molar-refractivity contribution in [3.63, 3.8) is 0 Å². The van der Waals surface area contributed by atoms with Crippen LogP contribution in [0.2, 0.25) is 0 Å². The van der Waals surface area contributed by atoms with Gasteiger partial charge in [0.2, 0.25) is 11.8 Å². The van der Waals surface area contributed by atoms with Crippen LogP contribution in [0.25, 0.3) is 0 Å². The number of amides is 2. The van der Waals surface area contributed by atoms with E-state index in [1.54, 1.807) is 0 Å². The summed E-state index contributed by atoms with van der Waals surface area (Å²) < 4.78 is 0. The molecule has 6 nitrogen and oxygen atoms in total. The highest BCUT2D eigenvalue weighted by Crippen LogP contribution is 2.07. The highest BCUT2D eigenvalue weighted by molar-refractivity contribution is 5.83. The lowest BCUT2D eigenvalue weighted by atomic mass is 10.0. The molecule has 1 rings (SSSR count). The van der Waals surface area contributed by atoms with Crippen LogP contribution in [-0.4, -0.2) is 35.5 Å². The van der Waals surface area contributed by atoms with Crippen molar-refractivity contribution in [3.05, 3.63) is 35.9 Å². The van der Waals surface area contributed by atoms with E-state index in [1.165, 1.54) is 6.92 Å². The maximum Gasteiger partial charge on any atom is 0.303 e. The third-order valence-electron chi connectivity index (χ3n) is 2.89. The fourth-order valence-electron chi connectivity index (χ4n) is 1.91. The molecule has 0 spiro atoms. The van der Waals surface area contributed by atoms with Crippen LogP contribution in [0.5, 0.6) is 0 Å². The van der Waals surface area contributed by atoms with Crippen molar-refractivity contribution >= 4 is 17.8 Å². The Balaban J connectivity index is 2.57. The van der Waals surface area contributed by atoms with E-state index in [4.69, 9.17) is 5.11 Å². The number of aliphatic carboxylic acids is 1. The van der Waals surface area contributed by atoms with E-state index < -0.39 is 5.97 Å². The number of carboxylic acid groups (broad SMARTS) is 1. The van der Waals surface area contributed by atoms with E-state index in [-0.39, 0.29) is 30.8 Å². The molecule has 0 aliphatic carbocycles. The minimum absolute atomic E-state index is 0.0160. The number of carboxylic acids is 1. The van der Waals surface area contributed by atoms with Crippen LogP contribution in [0.4, 0.5) is 0 Å². The second-order valence-corrected chi connectivity index (χ2v) is 4.80. The number of carbonyl (C=O) groups is 3. The second kappa shape index (κ2) is 8.73. The van der Waals surface area contributed by atoms with Crippen LogP contribution >= 0.6 is 0 Å². The number of hydrogen-bond donors (Lipinski definition) is 3. The van der Waals surface area contributed by atoms with Gasteiger partial charge in [-0.2, -0.15) is 0 Å². The standard InChI is InChI=1S/C15H20N2O4/c1-11(18)16-10-14(19)17-13(7-8-15(20)21)9-12-5-3-2-4-6-12/h2-6,13H,7-10H2,1H3,(H,16,18)(H,17,19)(H,20,21). The molecule has 1 aromatic rings. The van der Waals surface area contributed by atoms with E-state index in [2.05, 4.69) is 10.6 Å². The summed E-state index contributed by atoms with van der Waals surface area (Å²) in [5.74, 6) is -1.50. The van der Waals surface area contributed by atoms with Gasteiger partial charge >= 0.3 is 5.97 Å². The molecule has 0 aliphatic heterocycles. The highest BCUT2D eigenvalue weighted by Gasteiger charge is 2.14. The first-order valence-electron chi connectivity index (χ1n) is 6.77. The van der Waals surface area contributed by atoms with Crippen molar-refractivity contribution in [3.8, 4) is 0 Å². The summed E-state index contributed by atoms with van der Waals surface area (Å²) in [5, 5.41) is 13.9. The Kier molecular flexibility index (Phi) is 6.94. The number of rotatable bonds is 8. The van der Waals surface area contributed by atoms with Gasteiger partial charge in [0.25, 0.3) is 0 Å². The summed E-state index contributed by atoms with van der Waals surface area (Å²) in [5.41, 5.74) is 1.02. The van der Waals surface area contributed by atoms with Gasteiger partial charge < -0.3 is 15.7 Å². The largest absolute Gasteiger partial charge is 0.481 e. The molecule has 0 fully saturated rings. The molecule has 114 valence electrons. The summed E-state index contributed by atoms with van der Waals surface area (Å²) in [6.45, 7) is 1.23. The van der Waals surface area contributed by atoms with Crippen molar-refractivity contribution in [2.45, 2.75) is 32.2 Å². The number of benzene rings is 1. The fourth-order valence-corrected chi connectivity index (χ4v) is 1.91. The minimum Gasteiger partial charge on any atom is -0.481 e. The number of carbonyl (C=O) groups excluding carboxylic acids is 2. The van der Waals surface area contributed by atoms with E-state index in [9.17, 15) is 14.4 Å². The first kappa shape index (κ1) is 16.7. The van der Waals surface area contributed by atoms with Crippen molar-refractivity contribution in [2.75, 3.05) is 6.54 Å². The molecule has 0 saturated carbocycles. The molecule has 6 heteroatoms. The monoisotopic (exact) mass is 292 g/mol. The second-order valence-electron chi connectivity index (χ2n) is 4.80. The molecule has 1 aromatic carbocycles. The van der Waals surface area contributed by atoms with E-state index in [1.807, 2.05) is 30.3 Å². The quantitative estimate of drug-likeness (QED) is 0.657. The van der Waals surface area contributed by atoms with Crippen molar-refractivity contribution in [2.24, 2.45) is 0 Å². The highest BCUT2D eigenvalue weighted by atomic mass is 16.4. The lowest BCUT2D eigenvalue weighted by Gasteiger charge is -2.18. The van der Waals surface area contributed by atoms with Crippen LogP contribution < -0.4 is 10.6 Å². The summed E-state index contributed by atoms with van der Waals surface area (Å²) in [7, 11) is 0. The summed E-state index contributed by atoms with van der Waals surface area (Å²) in [6, 6.07) is 9.25. The Labute approximate surface area is 123 Å².